The Balaban J connectivity index is 3.15. The molecule has 0 unspecified atom stereocenters. The average molecular weight is 361 g/mol. The van der Waals surface area contributed by atoms with E-state index in [9.17, 15) is 22.4 Å². The maximum absolute atomic E-state index is 12.7. The fraction of sp³-hybridized carbons (Fsp3) is 0.222. The zero-order valence-corrected chi connectivity index (χ0v) is 10.1. The van der Waals surface area contributed by atoms with E-state index >= 15 is 0 Å². The lowest BCUT2D eigenvalue weighted by Gasteiger charge is -2.17. The number of rotatable bonds is 4. The Hall–Kier alpha value is -1.15. The van der Waals surface area contributed by atoms with Crippen molar-refractivity contribution < 1.29 is 27.1 Å². The number of hydrogen-bond acceptors (Lipinski definition) is 3. The smallest absolute Gasteiger partial charge is 0.426 e. The maximum atomic E-state index is 12.7. The third-order valence-corrected chi connectivity index (χ3v) is 2.48. The summed E-state index contributed by atoms with van der Waals surface area (Å²) in [6.07, 6.45) is -7.48. The van der Waals surface area contributed by atoms with Crippen molar-refractivity contribution in [2.75, 3.05) is 0 Å². The number of hydrogen-bond donors (Lipinski definition) is 0. The van der Waals surface area contributed by atoms with Gasteiger partial charge in [-0.25, -0.2) is 4.79 Å². The van der Waals surface area contributed by atoms with Crippen molar-refractivity contribution in [2.24, 2.45) is 4.99 Å². The van der Waals surface area contributed by atoms with Gasteiger partial charge in [0.2, 0.25) is 6.08 Å². The van der Waals surface area contributed by atoms with Crippen LogP contribution in [0.25, 0.3) is 0 Å². The van der Waals surface area contributed by atoms with Gasteiger partial charge in [-0.05, 0) is 34.7 Å². The van der Waals surface area contributed by atoms with Crippen molar-refractivity contribution in [3.63, 3.8) is 0 Å². The molecule has 8 heteroatoms. The van der Waals surface area contributed by atoms with Gasteiger partial charge in [0.25, 0.3) is 0 Å². The molecule has 1 aromatic carbocycles. The van der Waals surface area contributed by atoms with Crippen LogP contribution in [-0.4, -0.2) is 18.6 Å². The molecule has 0 fully saturated rings. The summed E-state index contributed by atoms with van der Waals surface area (Å²) in [6.45, 7) is 0. The Morgan fingerprint density at radius 2 is 2.06 bits per heavy atom. The molecule has 0 saturated heterocycles. The largest absolute Gasteiger partial charge is 0.461 e. The van der Waals surface area contributed by atoms with E-state index in [4.69, 9.17) is 0 Å². The van der Waals surface area contributed by atoms with Gasteiger partial charge in [0.05, 0.1) is 0 Å². The van der Waals surface area contributed by atoms with E-state index in [2.05, 4.69) is 9.73 Å². The Morgan fingerprint density at radius 1 is 1.41 bits per heavy atom. The van der Waals surface area contributed by atoms with Crippen LogP contribution in [0, 0.1) is 3.57 Å². The summed E-state index contributed by atoms with van der Waals surface area (Å²) < 4.78 is 53.4. The van der Waals surface area contributed by atoms with Gasteiger partial charge in [0.1, 0.15) is 5.69 Å². The highest BCUT2D eigenvalue weighted by Crippen LogP contribution is 2.36. The second-order valence-electron chi connectivity index (χ2n) is 2.75. The van der Waals surface area contributed by atoms with E-state index in [0.29, 0.717) is 3.57 Å². The second-order valence-corrected chi connectivity index (χ2v) is 3.92. The molecular formula is C9H4F4INO2. The molecule has 0 amide bonds. The summed E-state index contributed by atoms with van der Waals surface area (Å²) in [7, 11) is 0. The first-order valence-electron chi connectivity index (χ1n) is 4.10. The standard InChI is InChI=1S/C9H4F4INO2/c10-8(11)9(12,13)17-6-3-1-2-5(14)7(6)15-4-16/h1-3,8H. The van der Waals surface area contributed by atoms with Crippen molar-refractivity contribution in [1.29, 1.82) is 0 Å². The summed E-state index contributed by atoms with van der Waals surface area (Å²) in [5.41, 5.74) is -0.261. The minimum absolute atomic E-state index is 0.261. The second kappa shape index (κ2) is 5.46. The molecule has 17 heavy (non-hydrogen) atoms. The minimum Gasteiger partial charge on any atom is -0.426 e. The predicted molar refractivity (Wildman–Crippen MR) is 58.5 cm³/mol. The Bertz CT molecular complexity index is 460. The lowest BCUT2D eigenvalue weighted by Crippen LogP contribution is -2.33. The number of halogens is 5. The van der Waals surface area contributed by atoms with Gasteiger partial charge in [-0.3, -0.25) is 0 Å². The molecular weight excluding hydrogens is 357 g/mol. The molecule has 0 N–H and O–H groups in total. The van der Waals surface area contributed by atoms with Crippen molar-refractivity contribution in [2.45, 2.75) is 12.5 Å². The molecule has 0 saturated carbocycles. The summed E-state index contributed by atoms with van der Waals surface area (Å²) in [5, 5.41) is 0. The summed E-state index contributed by atoms with van der Waals surface area (Å²) in [5.74, 6) is -0.606. The quantitative estimate of drug-likeness (QED) is 0.357. The molecule has 0 aliphatic carbocycles. The highest BCUT2D eigenvalue weighted by Gasteiger charge is 2.44. The molecule has 0 atom stereocenters. The first-order chi connectivity index (χ1) is 7.88. The van der Waals surface area contributed by atoms with Crippen LogP contribution in [0.2, 0.25) is 0 Å². The monoisotopic (exact) mass is 361 g/mol. The first-order valence-corrected chi connectivity index (χ1v) is 5.17. The minimum atomic E-state index is -4.64. The van der Waals surface area contributed by atoms with Gasteiger partial charge in [-0.2, -0.15) is 22.6 Å². The van der Waals surface area contributed by atoms with Gasteiger partial charge >= 0.3 is 12.5 Å². The van der Waals surface area contributed by atoms with Crippen LogP contribution >= 0.6 is 22.6 Å². The van der Waals surface area contributed by atoms with Gasteiger partial charge in [-0.15, -0.1) is 0 Å². The molecule has 0 radical (unpaired) electrons. The molecule has 0 aliphatic heterocycles. The maximum Gasteiger partial charge on any atom is 0.461 e. The van der Waals surface area contributed by atoms with Gasteiger partial charge < -0.3 is 4.74 Å². The molecule has 0 bridgehead atoms. The molecule has 92 valence electrons. The van der Waals surface area contributed by atoms with E-state index < -0.39 is 18.3 Å². The number of ether oxygens (including phenoxy) is 1. The molecule has 1 rings (SSSR count). The molecule has 1 aromatic rings. The van der Waals surface area contributed by atoms with Crippen LogP contribution in [-0.2, 0) is 4.79 Å². The fourth-order valence-electron chi connectivity index (χ4n) is 0.923. The van der Waals surface area contributed by atoms with Crippen molar-refractivity contribution in [3.05, 3.63) is 21.8 Å². The number of isocyanates is 1. The lowest BCUT2D eigenvalue weighted by atomic mass is 10.3. The predicted octanol–water partition coefficient (Wildman–Crippen LogP) is 3.50. The molecule has 0 aliphatic rings. The third-order valence-electron chi connectivity index (χ3n) is 1.61. The van der Waals surface area contributed by atoms with Crippen LogP contribution < -0.4 is 4.74 Å². The van der Waals surface area contributed by atoms with Crippen LogP contribution in [0.15, 0.2) is 23.2 Å². The van der Waals surface area contributed by atoms with E-state index in [0.717, 1.165) is 12.1 Å². The molecule has 0 aromatic heterocycles. The van der Waals surface area contributed by atoms with Gasteiger partial charge in [0.15, 0.2) is 5.75 Å². The number of benzene rings is 1. The summed E-state index contributed by atoms with van der Waals surface area (Å²) in [6, 6.07) is 3.77. The van der Waals surface area contributed by atoms with Crippen molar-refractivity contribution >= 4 is 34.4 Å². The third kappa shape index (κ3) is 3.40. The number of alkyl halides is 4. The molecule has 0 spiro atoms. The zero-order valence-electron chi connectivity index (χ0n) is 7.96. The molecule has 0 heterocycles. The van der Waals surface area contributed by atoms with Crippen LogP contribution in [0.3, 0.4) is 0 Å². The van der Waals surface area contributed by atoms with Crippen molar-refractivity contribution in [1.82, 2.24) is 0 Å². The fourth-order valence-corrected chi connectivity index (χ4v) is 1.52. The van der Waals surface area contributed by atoms with Gasteiger partial charge in [0, 0.05) is 3.57 Å². The average Bonchev–Trinajstić information content (AvgIpc) is 2.22. The van der Waals surface area contributed by atoms with E-state index in [1.807, 2.05) is 0 Å². The van der Waals surface area contributed by atoms with E-state index in [1.54, 1.807) is 22.6 Å². The summed E-state index contributed by atoms with van der Waals surface area (Å²) in [4.78, 5) is 13.2. The molecule has 3 nitrogen and oxygen atoms in total. The number of para-hydroxylation sites is 1. The summed E-state index contributed by atoms with van der Waals surface area (Å²) >= 11 is 1.69. The number of nitrogens with zero attached hydrogens (tertiary/aromatic N) is 1. The topological polar surface area (TPSA) is 38.7 Å². The van der Waals surface area contributed by atoms with Crippen LogP contribution in [0.5, 0.6) is 5.75 Å². The van der Waals surface area contributed by atoms with Crippen molar-refractivity contribution in [3.8, 4) is 5.75 Å². The first kappa shape index (κ1) is 13.9. The van der Waals surface area contributed by atoms with Crippen LogP contribution in [0.4, 0.5) is 23.2 Å². The Labute approximate surface area is 107 Å². The van der Waals surface area contributed by atoms with E-state index in [-0.39, 0.29) is 5.69 Å². The SMILES string of the molecule is O=C=Nc1c(I)cccc1OC(F)(F)C(F)F. The zero-order chi connectivity index (χ0) is 13.1. The van der Waals surface area contributed by atoms with E-state index in [1.165, 1.54) is 12.1 Å². The van der Waals surface area contributed by atoms with Gasteiger partial charge in [-0.1, -0.05) is 6.07 Å². The highest BCUT2D eigenvalue weighted by molar-refractivity contribution is 14.1. The van der Waals surface area contributed by atoms with Crippen LogP contribution in [0.1, 0.15) is 0 Å². The normalized spacial score (nSPS) is 11.2. The Morgan fingerprint density at radius 3 is 2.59 bits per heavy atom. The number of aliphatic imine (C=N–C) groups is 1. The number of carbonyl (C=O) groups excluding carboxylic acids is 1. The Kier molecular flexibility index (Phi) is 4.47. The highest BCUT2D eigenvalue weighted by atomic mass is 127. The lowest BCUT2D eigenvalue weighted by molar-refractivity contribution is -0.253.